The normalized spacial score (nSPS) is 14.2. The highest BCUT2D eigenvalue weighted by Crippen LogP contribution is 2.33. The molecule has 210 valence electrons. The summed E-state index contributed by atoms with van der Waals surface area (Å²) in [4.78, 5) is 43.4. The number of amides is 3. The molecule has 3 heterocycles. The third-order valence-electron chi connectivity index (χ3n) is 6.88. The molecule has 4 aromatic rings. The molecule has 0 radical (unpaired) electrons. The summed E-state index contributed by atoms with van der Waals surface area (Å²) < 4.78 is 20.6. The fourth-order valence-electron chi connectivity index (χ4n) is 5.00. The molecule has 0 unspecified atom stereocenters. The quantitative estimate of drug-likeness (QED) is 0.275. The van der Waals surface area contributed by atoms with Gasteiger partial charge in [-0.1, -0.05) is 25.6 Å². The number of nitrogens with zero attached hydrogens (tertiary/aromatic N) is 3. The molecule has 3 amide bonds. The van der Waals surface area contributed by atoms with E-state index in [1.54, 1.807) is 58.2 Å². The number of rotatable bonds is 8. The molecule has 2 aromatic carbocycles. The molecule has 0 spiro atoms. The van der Waals surface area contributed by atoms with Crippen LogP contribution >= 0.6 is 0 Å². The maximum atomic E-state index is 13.7. The summed E-state index contributed by atoms with van der Waals surface area (Å²) in [5, 5.41) is 10.2. The van der Waals surface area contributed by atoms with E-state index in [2.05, 4.69) is 27.3 Å². The highest BCUT2D eigenvalue weighted by molar-refractivity contribution is 6.05. The molecule has 0 saturated carbocycles. The number of halogens is 1. The second kappa shape index (κ2) is 11.5. The molecule has 0 bridgehead atoms. The van der Waals surface area contributed by atoms with Crippen molar-refractivity contribution in [3.05, 3.63) is 107 Å². The number of ether oxygens (including phenoxy) is 1. The average Bonchev–Trinajstić information content (AvgIpc) is 3.63. The Hall–Kier alpha value is -5.19. The summed E-state index contributed by atoms with van der Waals surface area (Å²) in [6.07, 6.45) is 2.82. The van der Waals surface area contributed by atoms with Crippen LogP contribution in [0.2, 0.25) is 0 Å². The van der Waals surface area contributed by atoms with Crippen molar-refractivity contribution in [1.82, 2.24) is 19.7 Å². The Balaban J connectivity index is 1.50. The maximum Gasteiger partial charge on any atom is 0.276 e. The number of methoxy groups -OCH3 is 1. The van der Waals surface area contributed by atoms with Gasteiger partial charge in [0.25, 0.3) is 11.8 Å². The highest BCUT2D eigenvalue weighted by Gasteiger charge is 2.34. The van der Waals surface area contributed by atoms with Gasteiger partial charge in [0.2, 0.25) is 5.91 Å². The first kappa shape index (κ1) is 27.4. The van der Waals surface area contributed by atoms with Crippen molar-refractivity contribution >= 4 is 29.1 Å². The van der Waals surface area contributed by atoms with Crippen molar-refractivity contribution in [2.45, 2.75) is 25.9 Å². The molecule has 0 fully saturated rings. The zero-order chi connectivity index (χ0) is 29.1. The van der Waals surface area contributed by atoms with E-state index in [0.29, 0.717) is 41.5 Å². The molecule has 0 saturated heterocycles. The lowest BCUT2D eigenvalue weighted by Gasteiger charge is -2.32. The maximum absolute atomic E-state index is 13.7. The average molecular weight is 557 g/mol. The third-order valence-corrected chi connectivity index (χ3v) is 6.88. The van der Waals surface area contributed by atoms with E-state index in [4.69, 9.17) is 4.74 Å². The van der Waals surface area contributed by atoms with Gasteiger partial charge in [-0.05, 0) is 54.1 Å². The van der Waals surface area contributed by atoms with E-state index < -0.39 is 11.8 Å². The van der Waals surface area contributed by atoms with Crippen LogP contribution in [0.3, 0.4) is 0 Å². The molecule has 2 aromatic heterocycles. The second-order valence-corrected chi connectivity index (χ2v) is 9.73. The summed E-state index contributed by atoms with van der Waals surface area (Å²) in [6, 6.07) is 14.4. The first-order chi connectivity index (χ1) is 19.8. The number of hydrogen-bond acceptors (Lipinski definition) is 5. The van der Waals surface area contributed by atoms with Crippen LogP contribution in [-0.4, -0.2) is 51.0 Å². The van der Waals surface area contributed by atoms with Crippen LogP contribution in [0.5, 0.6) is 5.75 Å². The van der Waals surface area contributed by atoms with Crippen LogP contribution < -0.4 is 15.4 Å². The van der Waals surface area contributed by atoms with Gasteiger partial charge in [0, 0.05) is 35.6 Å². The van der Waals surface area contributed by atoms with Gasteiger partial charge < -0.3 is 25.3 Å². The number of carbonyl (C=O) groups excluding carboxylic acids is 3. The van der Waals surface area contributed by atoms with Crippen molar-refractivity contribution in [3.8, 4) is 5.75 Å². The number of aromatic amines is 1. The van der Waals surface area contributed by atoms with Crippen LogP contribution in [0.15, 0.2) is 73.4 Å². The van der Waals surface area contributed by atoms with Crippen LogP contribution in [0.25, 0.3) is 0 Å². The molecule has 1 aliphatic rings. The number of H-pyrrole nitrogens is 1. The summed E-state index contributed by atoms with van der Waals surface area (Å²) in [7, 11) is 1.47. The molecule has 3 N–H and O–H groups in total. The smallest absolute Gasteiger partial charge is 0.276 e. The molecule has 11 heteroatoms. The second-order valence-electron chi connectivity index (χ2n) is 9.73. The van der Waals surface area contributed by atoms with Crippen molar-refractivity contribution in [3.63, 3.8) is 0 Å². The summed E-state index contributed by atoms with van der Waals surface area (Å²) >= 11 is 0. The zero-order valence-electron chi connectivity index (χ0n) is 22.6. The number of fused-ring (bicyclic) bond motifs is 1. The largest absolute Gasteiger partial charge is 0.495 e. The van der Waals surface area contributed by atoms with Gasteiger partial charge >= 0.3 is 0 Å². The Morgan fingerprint density at radius 1 is 1.17 bits per heavy atom. The van der Waals surface area contributed by atoms with Gasteiger partial charge in [-0.2, -0.15) is 5.10 Å². The number of carbonyl (C=O) groups is 3. The topological polar surface area (TPSA) is 121 Å². The van der Waals surface area contributed by atoms with Crippen molar-refractivity contribution < 1.29 is 23.5 Å². The standard InChI is InChI=1S/C30H29FN6O4/c1-4-26(38)34-24-14-21(11-12-25(24)41-3)33-29(39)27-22-17-36(30(40)23-6-5-13-32-23)15-18(2)28(22)37(35-27)16-19-7-9-20(31)10-8-19/h4-14,18,32H,1,15-17H2,2-3H3,(H,33,39)(H,34,38)/t18-/m0/s1. The van der Waals surface area contributed by atoms with Crippen molar-refractivity contribution in [2.24, 2.45) is 0 Å². The Bertz CT molecular complexity index is 1610. The summed E-state index contributed by atoms with van der Waals surface area (Å²) in [5.41, 5.74) is 3.68. The van der Waals surface area contributed by atoms with Gasteiger partial charge in [-0.3, -0.25) is 19.1 Å². The molecule has 41 heavy (non-hydrogen) atoms. The lowest BCUT2D eigenvalue weighted by atomic mass is 9.95. The van der Waals surface area contributed by atoms with E-state index in [1.165, 1.54) is 19.2 Å². The van der Waals surface area contributed by atoms with Gasteiger partial charge in [-0.15, -0.1) is 0 Å². The number of nitrogens with one attached hydrogen (secondary N) is 3. The minimum atomic E-state index is -0.480. The Kier molecular flexibility index (Phi) is 7.68. The van der Waals surface area contributed by atoms with Gasteiger partial charge in [0.15, 0.2) is 5.69 Å². The Labute approximate surface area is 235 Å². The summed E-state index contributed by atoms with van der Waals surface area (Å²) in [5.74, 6) is -1.15. The van der Waals surface area contributed by atoms with E-state index in [0.717, 1.165) is 17.3 Å². The first-order valence-electron chi connectivity index (χ1n) is 13.0. The monoisotopic (exact) mass is 556 g/mol. The number of aromatic nitrogens is 3. The van der Waals surface area contributed by atoms with Crippen molar-refractivity contribution in [1.29, 1.82) is 0 Å². The Morgan fingerprint density at radius 2 is 1.95 bits per heavy atom. The molecular weight excluding hydrogens is 527 g/mol. The molecule has 10 nitrogen and oxygen atoms in total. The van der Waals surface area contributed by atoms with Crippen LogP contribution in [0, 0.1) is 5.82 Å². The van der Waals surface area contributed by atoms with Crippen molar-refractivity contribution in [2.75, 3.05) is 24.3 Å². The van der Waals surface area contributed by atoms with E-state index in [9.17, 15) is 18.8 Å². The Morgan fingerprint density at radius 3 is 2.63 bits per heavy atom. The van der Waals surface area contributed by atoms with Gasteiger partial charge in [0.05, 0.1) is 25.9 Å². The van der Waals surface area contributed by atoms with Crippen LogP contribution in [0.1, 0.15) is 50.6 Å². The minimum absolute atomic E-state index is 0.131. The predicted molar refractivity (Wildman–Crippen MR) is 151 cm³/mol. The first-order valence-corrected chi connectivity index (χ1v) is 13.0. The molecule has 0 aliphatic carbocycles. The lowest BCUT2D eigenvalue weighted by Crippen LogP contribution is -2.38. The number of hydrogen-bond donors (Lipinski definition) is 3. The molecule has 5 rings (SSSR count). The highest BCUT2D eigenvalue weighted by atomic mass is 19.1. The van der Waals surface area contributed by atoms with Crippen LogP contribution in [0.4, 0.5) is 15.8 Å². The van der Waals surface area contributed by atoms with E-state index in [1.807, 2.05) is 6.92 Å². The number of anilines is 2. The molecule has 1 aliphatic heterocycles. The fourth-order valence-corrected chi connectivity index (χ4v) is 5.00. The molecular formula is C30H29FN6O4. The zero-order valence-corrected chi connectivity index (χ0v) is 22.6. The number of benzene rings is 2. The van der Waals surface area contributed by atoms with Gasteiger partial charge in [0.1, 0.15) is 17.3 Å². The minimum Gasteiger partial charge on any atom is -0.495 e. The third kappa shape index (κ3) is 5.74. The van der Waals surface area contributed by atoms with E-state index >= 15 is 0 Å². The van der Waals surface area contributed by atoms with Gasteiger partial charge in [-0.25, -0.2) is 4.39 Å². The van der Waals surface area contributed by atoms with Crippen LogP contribution in [-0.2, 0) is 17.9 Å². The SMILES string of the molecule is C=CC(=O)Nc1cc(NC(=O)c2nn(Cc3ccc(F)cc3)c3c2CN(C(=O)c2ccc[nH]2)C[C@@H]3C)ccc1OC. The fraction of sp³-hybridized carbons (Fsp3) is 0.200. The lowest BCUT2D eigenvalue weighted by molar-refractivity contribution is -0.111. The summed E-state index contributed by atoms with van der Waals surface area (Å²) in [6.45, 7) is 6.39. The van der Waals surface area contributed by atoms with E-state index in [-0.39, 0.29) is 29.9 Å². The molecule has 1 atom stereocenters. The predicted octanol–water partition coefficient (Wildman–Crippen LogP) is 4.54.